The van der Waals surface area contributed by atoms with Crippen molar-refractivity contribution in [3.8, 4) is 0 Å². The van der Waals surface area contributed by atoms with Crippen molar-refractivity contribution in [3.05, 3.63) is 59.4 Å². The van der Waals surface area contributed by atoms with E-state index in [2.05, 4.69) is 20.6 Å². The number of carbonyl (C=O) groups is 1. The van der Waals surface area contributed by atoms with Crippen molar-refractivity contribution in [2.24, 2.45) is 7.05 Å². The molecule has 7 nitrogen and oxygen atoms in total. The maximum Gasteiger partial charge on any atom is 0.271 e. The first kappa shape index (κ1) is 18.1. The fourth-order valence-electron chi connectivity index (χ4n) is 3.43. The van der Waals surface area contributed by atoms with Gasteiger partial charge < -0.3 is 9.88 Å². The molecule has 1 amide bonds. The van der Waals surface area contributed by atoms with E-state index in [1.807, 2.05) is 31.7 Å². The van der Waals surface area contributed by atoms with Crippen LogP contribution in [0.5, 0.6) is 0 Å². The van der Waals surface area contributed by atoms with E-state index in [4.69, 9.17) is 0 Å². The first-order valence-electron chi connectivity index (χ1n) is 9.16. The molecule has 3 heterocycles. The quantitative estimate of drug-likeness (QED) is 0.578. The minimum atomic E-state index is -0.267. The van der Waals surface area contributed by atoms with Gasteiger partial charge in [0.25, 0.3) is 5.91 Å². The van der Waals surface area contributed by atoms with Gasteiger partial charge in [-0.2, -0.15) is 9.61 Å². The summed E-state index contributed by atoms with van der Waals surface area (Å²) in [6.07, 6.45) is 4.05. The fraction of sp³-hybridized carbons (Fsp3) is 0.300. The average Bonchev–Trinajstić information content (AvgIpc) is 3.25. The molecule has 0 bridgehead atoms. The molecule has 4 rings (SSSR count). The highest BCUT2D eigenvalue weighted by Crippen LogP contribution is 2.22. The van der Waals surface area contributed by atoms with Crippen LogP contribution in [0.25, 0.3) is 16.6 Å². The van der Waals surface area contributed by atoms with Crippen LogP contribution in [0.2, 0.25) is 0 Å². The third-order valence-electron chi connectivity index (χ3n) is 4.86. The summed E-state index contributed by atoms with van der Waals surface area (Å²) < 4.78 is 17.1. The lowest BCUT2D eigenvalue weighted by Gasteiger charge is -2.09. The Labute approximate surface area is 161 Å². The first-order valence-corrected chi connectivity index (χ1v) is 9.16. The Morgan fingerprint density at radius 2 is 2.11 bits per heavy atom. The molecule has 4 aromatic rings. The fourth-order valence-corrected chi connectivity index (χ4v) is 3.43. The number of rotatable bonds is 5. The molecule has 0 atom stereocenters. The maximum atomic E-state index is 13.6. The van der Waals surface area contributed by atoms with Crippen LogP contribution in [0.4, 0.5) is 4.39 Å². The van der Waals surface area contributed by atoms with Crippen molar-refractivity contribution in [3.63, 3.8) is 0 Å². The van der Waals surface area contributed by atoms with Crippen LogP contribution in [-0.2, 0) is 13.5 Å². The van der Waals surface area contributed by atoms with E-state index in [1.54, 1.807) is 12.1 Å². The van der Waals surface area contributed by atoms with E-state index in [0.29, 0.717) is 24.3 Å². The van der Waals surface area contributed by atoms with E-state index in [1.165, 1.54) is 23.0 Å². The number of benzene rings is 1. The molecular formula is C20H21FN6O. The molecule has 0 aliphatic carbocycles. The van der Waals surface area contributed by atoms with Gasteiger partial charge in [0, 0.05) is 36.3 Å². The number of carbonyl (C=O) groups excluding carboxylic acids is 1. The van der Waals surface area contributed by atoms with Crippen LogP contribution >= 0.6 is 0 Å². The first-order chi connectivity index (χ1) is 13.4. The smallest absolute Gasteiger partial charge is 0.271 e. The molecule has 0 aliphatic rings. The van der Waals surface area contributed by atoms with Crippen LogP contribution in [0.15, 0.2) is 36.8 Å². The van der Waals surface area contributed by atoms with Crippen LogP contribution in [0, 0.1) is 5.82 Å². The molecule has 3 aromatic heterocycles. The Morgan fingerprint density at radius 1 is 1.29 bits per heavy atom. The van der Waals surface area contributed by atoms with Gasteiger partial charge in [-0.15, -0.1) is 10.2 Å². The van der Waals surface area contributed by atoms with Crippen LogP contribution in [0.1, 0.15) is 41.4 Å². The van der Waals surface area contributed by atoms with Gasteiger partial charge in [-0.05, 0) is 42.2 Å². The van der Waals surface area contributed by atoms with Crippen LogP contribution in [0.3, 0.4) is 0 Å². The van der Waals surface area contributed by atoms with E-state index in [9.17, 15) is 9.18 Å². The summed E-state index contributed by atoms with van der Waals surface area (Å²) in [5.41, 5.74) is 3.85. The van der Waals surface area contributed by atoms with E-state index in [0.717, 1.165) is 22.0 Å². The third-order valence-corrected chi connectivity index (χ3v) is 4.86. The van der Waals surface area contributed by atoms with Gasteiger partial charge in [0.15, 0.2) is 5.65 Å². The zero-order chi connectivity index (χ0) is 19.8. The molecule has 0 saturated heterocycles. The molecule has 0 unspecified atom stereocenters. The van der Waals surface area contributed by atoms with Gasteiger partial charge in [-0.3, -0.25) is 4.79 Å². The second-order valence-electron chi connectivity index (χ2n) is 7.17. The van der Waals surface area contributed by atoms with E-state index < -0.39 is 0 Å². The molecule has 1 aromatic carbocycles. The zero-order valence-electron chi connectivity index (χ0n) is 16.0. The van der Waals surface area contributed by atoms with Crippen LogP contribution < -0.4 is 5.32 Å². The number of hydrogen-bond donors (Lipinski definition) is 1. The van der Waals surface area contributed by atoms with Gasteiger partial charge in [0.2, 0.25) is 0 Å². The minimum Gasteiger partial charge on any atom is -0.350 e. The predicted octanol–water partition coefficient (Wildman–Crippen LogP) is 2.85. The topological polar surface area (TPSA) is 77.1 Å². The average molecular weight is 380 g/mol. The van der Waals surface area contributed by atoms with Crippen LogP contribution in [-0.4, -0.2) is 36.8 Å². The van der Waals surface area contributed by atoms with E-state index in [-0.39, 0.29) is 17.6 Å². The monoisotopic (exact) mass is 380 g/mol. The molecule has 0 saturated carbocycles. The molecule has 28 heavy (non-hydrogen) atoms. The van der Waals surface area contributed by atoms with Crippen molar-refractivity contribution in [1.82, 2.24) is 29.7 Å². The Kier molecular flexibility index (Phi) is 4.54. The van der Waals surface area contributed by atoms with Gasteiger partial charge in [0.1, 0.15) is 17.8 Å². The normalized spacial score (nSPS) is 11.6. The lowest BCUT2D eigenvalue weighted by molar-refractivity contribution is 0.0947. The Hall–Kier alpha value is -3.29. The number of aromatic nitrogens is 5. The highest BCUT2D eigenvalue weighted by Gasteiger charge is 2.16. The number of amides is 1. The number of hydrogen-bond acceptors (Lipinski definition) is 4. The Balaban J connectivity index is 1.51. The molecule has 8 heteroatoms. The van der Waals surface area contributed by atoms with Crippen molar-refractivity contribution in [2.75, 3.05) is 6.54 Å². The molecule has 0 spiro atoms. The number of halogens is 1. The number of aryl methyl sites for hydroxylation is 1. The molecular weight excluding hydrogens is 359 g/mol. The highest BCUT2D eigenvalue weighted by atomic mass is 19.1. The second-order valence-corrected chi connectivity index (χ2v) is 7.17. The van der Waals surface area contributed by atoms with Crippen molar-refractivity contribution < 1.29 is 9.18 Å². The summed E-state index contributed by atoms with van der Waals surface area (Å²) in [7, 11) is 1.92. The molecule has 0 fully saturated rings. The third kappa shape index (κ3) is 3.21. The van der Waals surface area contributed by atoms with Crippen molar-refractivity contribution >= 4 is 22.5 Å². The molecule has 0 aliphatic heterocycles. The largest absolute Gasteiger partial charge is 0.350 e. The Morgan fingerprint density at radius 3 is 2.89 bits per heavy atom. The van der Waals surface area contributed by atoms with Gasteiger partial charge >= 0.3 is 0 Å². The number of fused-ring (bicyclic) bond motifs is 2. The van der Waals surface area contributed by atoms with Gasteiger partial charge in [0.05, 0.1) is 0 Å². The second kappa shape index (κ2) is 7.03. The summed E-state index contributed by atoms with van der Waals surface area (Å²) in [4.78, 5) is 12.6. The van der Waals surface area contributed by atoms with Crippen molar-refractivity contribution in [1.29, 1.82) is 0 Å². The lowest BCUT2D eigenvalue weighted by Crippen LogP contribution is -2.27. The summed E-state index contributed by atoms with van der Waals surface area (Å²) in [5, 5.41) is 16.0. The summed E-state index contributed by atoms with van der Waals surface area (Å²) >= 11 is 0. The molecule has 144 valence electrons. The molecule has 1 N–H and O–H groups in total. The number of nitrogens with zero attached hydrogens (tertiary/aromatic N) is 5. The number of nitrogens with one attached hydrogen (secondary N) is 1. The minimum absolute atomic E-state index is 0.187. The summed E-state index contributed by atoms with van der Waals surface area (Å²) in [6, 6.07) is 6.51. The zero-order valence-corrected chi connectivity index (χ0v) is 16.0. The predicted molar refractivity (Wildman–Crippen MR) is 104 cm³/mol. The maximum absolute atomic E-state index is 13.6. The summed E-state index contributed by atoms with van der Waals surface area (Å²) in [6.45, 7) is 4.49. The molecule has 0 radical (unpaired) electrons. The lowest BCUT2D eigenvalue weighted by atomic mass is 10.0. The van der Waals surface area contributed by atoms with Gasteiger partial charge in [-0.1, -0.05) is 13.8 Å². The highest BCUT2D eigenvalue weighted by molar-refractivity contribution is 5.92. The van der Waals surface area contributed by atoms with Crippen molar-refractivity contribution in [2.45, 2.75) is 26.2 Å². The standard InChI is InChI=1S/C20H21FN6O/c1-12(2)15-9-17(25-27-11-23-24-19(15)27)20(28)22-7-6-13-10-26(3)18-5-4-14(21)8-16(13)18/h4-5,8-12H,6-7H2,1-3H3,(H,22,28). The summed E-state index contributed by atoms with van der Waals surface area (Å²) in [5.74, 6) is -0.340. The Bertz CT molecular complexity index is 1180. The SMILES string of the molecule is CC(C)c1cc(C(=O)NCCc2cn(C)c3ccc(F)cc23)nn2cnnc12. The van der Waals surface area contributed by atoms with E-state index >= 15 is 0 Å². The van der Waals surface area contributed by atoms with Gasteiger partial charge in [-0.25, -0.2) is 4.39 Å².